The molecular weight excluding hydrogens is 280 g/mol. The van der Waals surface area contributed by atoms with E-state index in [0.29, 0.717) is 31.0 Å². The lowest BCUT2D eigenvalue weighted by molar-refractivity contribution is -0.118. The van der Waals surface area contributed by atoms with Gasteiger partial charge < -0.3 is 15.0 Å². The predicted octanol–water partition coefficient (Wildman–Crippen LogP) is 2.53. The maximum Gasteiger partial charge on any atom is 0.254 e. The van der Waals surface area contributed by atoms with Gasteiger partial charge in [-0.15, -0.1) is 0 Å². The number of rotatable bonds is 3. The maximum absolute atomic E-state index is 12.6. The van der Waals surface area contributed by atoms with E-state index in [9.17, 15) is 9.59 Å². The van der Waals surface area contributed by atoms with Crippen molar-refractivity contribution in [1.82, 2.24) is 4.90 Å². The average Bonchev–Trinajstić information content (AvgIpc) is 2.46. The Morgan fingerprint density at radius 2 is 1.86 bits per heavy atom. The number of carbonyl (C=O) groups is 2. The molecule has 0 unspecified atom stereocenters. The van der Waals surface area contributed by atoms with E-state index in [4.69, 9.17) is 4.74 Å². The number of carbonyl (C=O) groups excluding carboxylic acids is 2. The van der Waals surface area contributed by atoms with Crippen molar-refractivity contribution in [3.63, 3.8) is 0 Å². The number of nitrogens with zero attached hydrogens (tertiary/aromatic N) is 1. The summed E-state index contributed by atoms with van der Waals surface area (Å²) in [6.45, 7) is 9.39. The number of hydrogen-bond donors (Lipinski definition) is 1. The molecule has 1 heterocycles. The van der Waals surface area contributed by atoms with Gasteiger partial charge >= 0.3 is 0 Å². The lowest BCUT2D eigenvalue weighted by atomic mass is 10.0. The molecule has 2 amide bonds. The fourth-order valence-corrected chi connectivity index (χ4v) is 2.37. The third kappa shape index (κ3) is 3.65. The Labute approximate surface area is 131 Å². The Kier molecular flexibility index (Phi) is 4.86. The van der Waals surface area contributed by atoms with Gasteiger partial charge in [0.1, 0.15) is 0 Å². The fraction of sp³-hybridized carbons (Fsp3) is 0.529. The van der Waals surface area contributed by atoms with Crippen molar-refractivity contribution in [2.45, 2.75) is 33.2 Å². The van der Waals surface area contributed by atoms with Gasteiger partial charge in [0.05, 0.1) is 18.8 Å². The van der Waals surface area contributed by atoms with Crippen molar-refractivity contribution in [3.05, 3.63) is 29.8 Å². The van der Waals surface area contributed by atoms with E-state index in [2.05, 4.69) is 5.32 Å². The highest BCUT2D eigenvalue weighted by molar-refractivity contribution is 5.96. The first-order valence-corrected chi connectivity index (χ1v) is 7.62. The van der Waals surface area contributed by atoms with Crippen LogP contribution in [0, 0.1) is 5.92 Å². The number of morpholine rings is 1. The van der Waals surface area contributed by atoms with Crippen LogP contribution in [0.25, 0.3) is 0 Å². The first kappa shape index (κ1) is 16.5. The fourth-order valence-electron chi connectivity index (χ4n) is 2.37. The second-order valence-corrected chi connectivity index (χ2v) is 6.54. The topological polar surface area (TPSA) is 58.6 Å². The molecule has 1 aromatic carbocycles. The van der Waals surface area contributed by atoms with E-state index >= 15 is 0 Å². The summed E-state index contributed by atoms with van der Waals surface area (Å²) in [6, 6.07) is 7.04. The zero-order valence-electron chi connectivity index (χ0n) is 13.7. The second-order valence-electron chi connectivity index (χ2n) is 6.54. The van der Waals surface area contributed by atoms with Crippen molar-refractivity contribution in [1.29, 1.82) is 0 Å². The van der Waals surface area contributed by atoms with Gasteiger partial charge in [-0.1, -0.05) is 13.8 Å². The molecule has 0 saturated carbocycles. The molecule has 1 aliphatic rings. The number of anilines is 1. The van der Waals surface area contributed by atoms with E-state index < -0.39 is 0 Å². The van der Waals surface area contributed by atoms with Crippen LogP contribution < -0.4 is 5.32 Å². The maximum atomic E-state index is 12.6. The van der Waals surface area contributed by atoms with Crippen molar-refractivity contribution >= 4 is 17.5 Å². The molecule has 1 saturated heterocycles. The monoisotopic (exact) mass is 304 g/mol. The lowest BCUT2D eigenvalue weighted by Crippen LogP contribution is -2.55. The summed E-state index contributed by atoms with van der Waals surface area (Å²) in [5.41, 5.74) is 1.02. The summed E-state index contributed by atoms with van der Waals surface area (Å²) in [4.78, 5) is 26.1. The molecule has 1 aromatic rings. The number of amides is 2. The molecule has 0 aliphatic carbocycles. The van der Waals surface area contributed by atoms with Gasteiger partial charge in [0.15, 0.2) is 0 Å². The SMILES string of the molecule is CC(C)C(=O)Nc1ccc(C(=O)N2CCOCC2(C)C)cc1. The molecule has 0 atom stereocenters. The summed E-state index contributed by atoms with van der Waals surface area (Å²) in [7, 11) is 0. The predicted molar refractivity (Wildman–Crippen MR) is 85.8 cm³/mol. The van der Waals surface area contributed by atoms with Crippen LogP contribution in [0.5, 0.6) is 0 Å². The zero-order valence-corrected chi connectivity index (χ0v) is 13.7. The minimum absolute atomic E-state index is 0.00460. The molecule has 5 heteroatoms. The van der Waals surface area contributed by atoms with Gasteiger partial charge in [0, 0.05) is 23.7 Å². The summed E-state index contributed by atoms with van der Waals surface area (Å²) < 4.78 is 5.44. The van der Waals surface area contributed by atoms with Crippen molar-refractivity contribution < 1.29 is 14.3 Å². The van der Waals surface area contributed by atoms with Crippen LogP contribution in [-0.4, -0.2) is 42.0 Å². The van der Waals surface area contributed by atoms with E-state index in [1.807, 2.05) is 32.6 Å². The van der Waals surface area contributed by atoms with E-state index in [-0.39, 0.29) is 23.3 Å². The minimum Gasteiger partial charge on any atom is -0.377 e. The lowest BCUT2D eigenvalue weighted by Gasteiger charge is -2.42. The third-order valence-corrected chi connectivity index (χ3v) is 3.81. The van der Waals surface area contributed by atoms with Crippen molar-refractivity contribution in [2.24, 2.45) is 5.92 Å². The highest BCUT2D eigenvalue weighted by Crippen LogP contribution is 2.22. The molecule has 0 aromatic heterocycles. The minimum atomic E-state index is -0.306. The summed E-state index contributed by atoms with van der Waals surface area (Å²) in [6.07, 6.45) is 0. The molecule has 1 fully saturated rings. The van der Waals surface area contributed by atoms with Gasteiger partial charge in [-0.25, -0.2) is 0 Å². The first-order valence-electron chi connectivity index (χ1n) is 7.62. The molecule has 0 spiro atoms. The van der Waals surface area contributed by atoms with Gasteiger partial charge in [0.2, 0.25) is 5.91 Å². The smallest absolute Gasteiger partial charge is 0.254 e. The van der Waals surface area contributed by atoms with Crippen LogP contribution in [0.2, 0.25) is 0 Å². The quantitative estimate of drug-likeness (QED) is 0.933. The van der Waals surface area contributed by atoms with Crippen LogP contribution in [0.4, 0.5) is 5.69 Å². The Hall–Kier alpha value is -1.88. The molecule has 0 radical (unpaired) electrons. The molecule has 1 aliphatic heterocycles. The molecule has 2 rings (SSSR count). The van der Waals surface area contributed by atoms with E-state index in [0.717, 1.165) is 0 Å². The van der Waals surface area contributed by atoms with Crippen molar-refractivity contribution in [3.8, 4) is 0 Å². The first-order chi connectivity index (χ1) is 10.3. The summed E-state index contributed by atoms with van der Waals surface area (Å²) in [5.74, 6) is -0.112. The molecular formula is C17H24N2O3. The molecule has 0 bridgehead atoms. The molecule has 5 nitrogen and oxygen atoms in total. The number of ether oxygens (including phenoxy) is 1. The Balaban J connectivity index is 2.09. The van der Waals surface area contributed by atoms with Crippen LogP contribution in [0.3, 0.4) is 0 Å². The van der Waals surface area contributed by atoms with Gasteiger partial charge in [-0.05, 0) is 38.1 Å². The Bertz CT molecular complexity index is 550. The highest BCUT2D eigenvalue weighted by atomic mass is 16.5. The molecule has 22 heavy (non-hydrogen) atoms. The highest BCUT2D eigenvalue weighted by Gasteiger charge is 2.34. The van der Waals surface area contributed by atoms with Gasteiger partial charge in [-0.2, -0.15) is 0 Å². The Morgan fingerprint density at radius 3 is 2.41 bits per heavy atom. The molecule has 120 valence electrons. The molecule has 1 N–H and O–H groups in total. The largest absolute Gasteiger partial charge is 0.377 e. The number of hydrogen-bond acceptors (Lipinski definition) is 3. The standard InChI is InChI=1S/C17H24N2O3/c1-12(2)15(20)18-14-7-5-13(6-8-14)16(21)19-9-10-22-11-17(19,3)4/h5-8,12H,9-11H2,1-4H3,(H,18,20). The van der Waals surface area contributed by atoms with Gasteiger partial charge in [0.25, 0.3) is 5.91 Å². The second kappa shape index (κ2) is 6.48. The zero-order chi connectivity index (χ0) is 16.3. The van der Waals surface area contributed by atoms with E-state index in [1.54, 1.807) is 24.3 Å². The summed E-state index contributed by atoms with van der Waals surface area (Å²) >= 11 is 0. The van der Waals surface area contributed by atoms with Crippen LogP contribution in [0.15, 0.2) is 24.3 Å². The van der Waals surface area contributed by atoms with Gasteiger partial charge in [-0.3, -0.25) is 9.59 Å². The van der Waals surface area contributed by atoms with Crippen LogP contribution in [0.1, 0.15) is 38.1 Å². The van der Waals surface area contributed by atoms with Crippen LogP contribution in [-0.2, 0) is 9.53 Å². The number of benzene rings is 1. The van der Waals surface area contributed by atoms with E-state index in [1.165, 1.54) is 0 Å². The third-order valence-electron chi connectivity index (χ3n) is 3.81. The summed E-state index contributed by atoms with van der Waals surface area (Å²) in [5, 5.41) is 2.82. The van der Waals surface area contributed by atoms with Crippen LogP contribution >= 0.6 is 0 Å². The normalized spacial score (nSPS) is 17.4. The number of nitrogens with one attached hydrogen (secondary N) is 1. The average molecular weight is 304 g/mol. The Morgan fingerprint density at radius 1 is 1.23 bits per heavy atom. The van der Waals surface area contributed by atoms with Crippen molar-refractivity contribution in [2.75, 3.05) is 25.1 Å².